The van der Waals surface area contributed by atoms with E-state index in [9.17, 15) is 4.79 Å². The van der Waals surface area contributed by atoms with Crippen LogP contribution in [0, 0.1) is 17.8 Å². The molecular weight excluding hydrogens is 378 g/mol. The van der Waals surface area contributed by atoms with Crippen LogP contribution in [-0.4, -0.2) is 16.7 Å². The first-order chi connectivity index (χ1) is 14.4. The number of aromatic amines is 1. The van der Waals surface area contributed by atoms with Crippen molar-refractivity contribution in [2.45, 2.75) is 53.2 Å². The Balaban J connectivity index is 1.80. The molecule has 0 bridgehead atoms. The van der Waals surface area contributed by atoms with Gasteiger partial charge in [0.15, 0.2) is 5.82 Å². The Morgan fingerprint density at radius 3 is 2.70 bits per heavy atom. The van der Waals surface area contributed by atoms with E-state index >= 15 is 0 Å². The van der Waals surface area contributed by atoms with Gasteiger partial charge in [-0.2, -0.15) is 0 Å². The second-order valence-electron chi connectivity index (χ2n) is 8.57. The van der Waals surface area contributed by atoms with E-state index in [4.69, 9.17) is 9.26 Å². The fraction of sp³-hybridized carbons (Fsp3) is 0.500. The minimum absolute atomic E-state index is 0.185. The number of hydrogen-bond acceptors (Lipinski definition) is 5. The predicted octanol–water partition coefficient (Wildman–Crippen LogP) is 4.53. The van der Waals surface area contributed by atoms with E-state index in [1.54, 1.807) is 0 Å². The molecule has 0 unspecified atom stereocenters. The smallest absolute Gasteiger partial charge is 0.376 e. The number of aromatic nitrogens is 2. The molecule has 1 saturated carbocycles. The van der Waals surface area contributed by atoms with E-state index in [2.05, 4.69) is 61.4 Å². The molecule has 30 heavy (non-hydrogen) atoms. The molecule has 2 N–H and O–H groups in total. The summed E-state index contributed by atoms with van der Waals surface area (Å²) < 4.78 is 10.8. The maximum Gasteiger partial charge on any atom is 0.438 e. The molecule has 1 aromatic carbocycles. The lowest BCUT2D eigenvalue weighted by atomic mass is 9.89. The predicted molar refractivity (Wildman–Crippen MR) is 118 cm³/mol. The van der Waals surface area contributed by atoms with E-state index in [0.717, 1.165) is 17.7 Å². The second kappa shape index (κ2) is 9.47. The van der Waals surface area contributed by atoms with Crippen LogP contribution in [0.3, 0.4) is 0 Å². The Morgan fingerprint density at radius 2 is 2.10 bits per heavy atom. The highest BCUT2D eigenvalue weighted by Crippen LogP contribution is 2.51. The highest BCUT2D eigenvalue weighted by atomic mass is 16.5. The van der Waals surface area contributed by atoms with E-state index in [1.807, 2.05) is 31.2 Å². The second-order valence-corrected chi connectivity index (χ2v) is 8.57. The van der Waals surface area contributed by atoms with Gasteiger partial charge < -0.3 is 10.1 Å². The summed E-state index contributed by atoms with van der Waals surface area (Å²) in [6, 6.07) is 10.1. The van der Waals surface area contributed by atoms with E-state index in [-0.39, 0.29) is 5.92 Å². The van der Waals surface area contributed by atoms with Crippen LogP contribution in [0.15, 0.2) is 63.1 Å². The topological polar surface area (TPSA) is 80.2 Å². The summed E-state index contributed by atoms with van der Waals surface area (Å²) in [5, 5.41) is 7.70. The number of hydrogen-bond donors (Lipinski definition) is 2. The first kappa shape index (κ1) is 22.1. The Bertz CT molecular complexity index is 942. The van der Waals surface area contributed by atoms with Crippen LogP contribution in [-0.2, 0) is 16.9 Å². The first-order valence-electron chi connectivity index (χ1n) is 10.7. The van der Waals surface area contributed by atoms with Gasteiger partial charge in [0.05, 0.1) is 13.2 Å². The molecule has 0 radical (unpaired) electrons. The molecule has 0 aliphatic heterocycles. The highest BCUT2D eigenvalue weighted by molar-refractivity contribution is 5.32. The number of nitrogens with one attached hydrogen (secondary N) is 2. The third kappa shape index (κ3) is 4.93. The van der Waals surface area contributed by atoms with Gasteiger partial charge in [-0.1, -0.05) is 62.3 Å². The van der Waals surface area contributed by atoms with Gasteiger partial charge in [0.1, 0.15) is 5.54 Å². The van der Waals surface area contributed by atoms with Gasteiger partial charge in [0.2, 0.25) is 0 Å². The number of rotatable bonds is 10. The zero-order chi connectivity index (χ0) is 21.7. The Hall–Kier alpha value is -2.60. The summed E-state index contributed by atoms with van der Waals surface area (Å²) in [4.78, 5) is 14.4. The molecule has 1 aliphatic rings. The lowest BCUT2D eigenvalue weighted by Crippen LogP contribution is -2.34. The van der Waals surface area contributed by atoms with E-state index in [0.29, 0.717) is 30.9 Å². The van der Waals surface area contributed by atoms with Gasteiger partial charge in [-0.15, -0.1) is 0 Å². The van der Waals surface area contributed by atoms with Gasteiger partial charge in [0, 0.05) is 11.6 Å². The molecule has 6 heteroatoms. The molecule has 2 aromatic rings. The van der Waals surface area contributed by atoms with Crippen molar-refractivity contribution in [2.24, 2.45) is 17.8 Å². The third-order valence-corrected chi connectivity index (χ3v) is 6.20. The Labute approximate surface area is 178 Å². The minimum atomic E-state index is -0.536. The summed E-state index contributed by atoms with van der Waals surface area (Å²) in [5.41, 5.74) is 3.00. The fourth-order valence-electron chi connectivity index (χ4n) is 3.77. The fourth-order valence-corrected chi connectivity index (χ4v) is 3.77. The first-order valence-corrected chi connectivity index (χ1v) is 10.7. The van der Waals surface area contributed by atoms with Gasteiger partial charge >= 0.3 is 5.76 Å². The minimum Gasteiger partial charge on any atom is -0.376 e. The third-order valence-electron chi connectivity index (χ3n) is 6.20. The van der Waals surface area contributed by atoms with Crippen LogP contribution in [0.4, 0.5) is 0 Å². The number of ether oxygens (including phenoxy) is 1. The van der Waals surface area contributed by atoms with Crippen molar-refractivity contribution in [3.05, 3.63) is 75.7 Å². The van der Waals surface area contributed by atoms with Crippen molar-refractivity contribution in [3.8, 4) is 0 Å². The lowest BCUT2D eigenvalue weighted by molar-refractivity contribution is 0.104. The summed E-state index contributed by atoms with van der Waals surface area (Å²) in [5.74, 6) is 1.13. The van der Waals surface area contributed by atoms with Crippen LogP contribution in [0.1, 0.15) is 52.4 Å². The van der Waals surface area contributed by atoms with Crippen molar-refractivity contribution >= 4 is 0 Å². The van der Waals surface area contributed by atoms with Gasteiger partial charge in [-0.3, -0.25) is 9.51 Å². The van der Waals surface area contributed by atoms with Crippen molar-refractivity contribution in [1.82, 2.24) is 15.5 Å². The zero-order valence-electron chi connectivity index (χ0n) is 18.6. The van der Waals surface area contributed by atoms with E-state index in [1.165, 1.54) is 5.57 Å². The summed E-state index contributed by atoms with van der Waals surface area (Å²) in [6.07, 6.45) is 4.93. The standard InChI is InChI=1S/C24H33N3O3/c1-6-10-21(18(5)17(4)16(2)3)26-24(22-25-23(28)30-27-22)13-20(24)15-29-14-19-11-8-7-9-12-19/h6-12,16-17,20,26H,13-15H2,1-5H3,(H,25,27,28)/b10-6-,21-18-/t17-,20-,24+/m1/s1. The molecule has 0 amide bonds. The maximum atomic E-state index is 11.6. The number of nitrogens with zero attached hydrogens (tertiary/aromatic N) is 1. The summed E-state index contributed by atoms with van der Waals surface area (Å²) in [7, 11) is 0. The molecule has 0 spiro atoms. The quantitative estimate of drug-likeness (QED) is 0.562. The van der Waals surface area contributed by atoms with Gasteiger partial charge in [-0.25, -0.2) is 4.79 Å². The molecule has 1 aliphatic carbocycles. The lowest BCUT2D eigenvalue weighted by Gasteiger charge is -2.25. The van der Waals surface area contributed by atoms with Crippen LogP contribution in [0.25, 0.3) is 0 Å². The molecule has 3 rings (SSSR count). The van der Waals surface area contributed by atoms with Gasteiger partial charge in [0.25, 0.3) is 0 Å². The Kier molecular flexibility index (Phi) is 6.98. The summed E-state index contributed by atoms with van der Waals surface area (Å²) in [6.45, 7) is 12.0. The number of benzene rings is 1. The van der Waals surface area contributed by atoms with Gasteiger partial charge in [-0.05, 0) is 49.3 Å². The molecule has 1 fully saturated rings. The average Bonchev–Trinajstić information content (AvgIpc) is 3.24. The average molecular weight is 412 g/mol. The monoisotopic (exact) mass is 411 g/mol. The molecular formula is C24H33N3O3. The number of H-pyrrole nitrogens is 1. The van der Waals surface area contributed by atoms with Crippen molar-refractivity contribution in [1.29, 1.82) is 0 Å². The zero-order valence-corrected chi connectivity index (χ0v) is 18.6. The van der Waals surface area contributed by atoms with E-state index < -0.39 is 11.3 Å². The van der Waals surface area contributed by atoms with Crippen molar-refractivity contribution in [2.75, 3.05) is 6.61 Å². The summed E-state index contributed by atoms with van der Waals surface area (Å²) >= 11 is 0. The molecule has 162 valence electrons. The maximum absolute atomic E-state index is 11.6. The normalized spacial score (nSPS) is 22.9. The van der Waals surface area contributed by atoms with Crippen LogP contribution in [0.2, 0.25) is 0 Å². The highest BCUT2D eigenvalue weighted by Gasteiger charge is 2.59. The molecule has 3 atom stereocenters. The van der Waals surface area contributed by atoms with Crippen LogP contribution >= 0.6 is 0 Å². The molecule has 1 aromatic heterocycles. The molecule has 6 nitrogen and oxygen atoms in total. The van der Waals surface area contributed by atoms with Crippen LogP contribution in [0.5, 0.6) is 0 Å². The van der Waals surface area contributed by atoms with Crippen molar-refractivity contribution in [3.63, 3.8) is 0 Å². The molecule has 0 saturated heterocycles. The number of allylic oxidation sites excluding steroid dienone is 3. The largest absolute Gasteiger partial charge is 0.438 e. The van der Waals surface area contributed by atoms with Crippen molar-refractivity contribution < 1.29 is 9.26 Å². The Morgan fingerprint density at radius 1 is 1.37 bits per heavy atom. The molecule has 1 heterocycles. The van der Waals surface area contributed by atoms with Crippen LogP contribution < -0.4 is 11.1 Å². The SMILES string of the molecule is C/C=C\C(N[C@@]1(c2noc(=O)[nH]2)C[C@@H]1COCc1ccccc1)=C(/C)[C@H](C)C(C)C.